The Labute approximate surface area is 254 Å². The van der Waals surface area contributed by atoms with E-state index in [0.29, 0.717) is 22.5 Å². The van der Waals surface area contributed by atoms with Crippen LogP contribution in [0.15, 0.2) is 168 Å². The highest BCUT2D eigenvalue weighted by molar-refractivity contribution is 5.93. The lowest BCUT2D eigenvalue weighted by atomic mass is 10.0. The Balaban J connectivity index is 1.15. The maximum Gasteiger partial charge on any atom is 0.343 e. The molecule has 0 aliphatic rings. The van der Waals surface area contributed by atoms with E-state index < -0.39 is 11.9 Å². The molecule has 0 saturated carbocycles. The minimum atomic E-state index is -0.514. The van der Waals surface area contributed by atoms with Gasteiger partial charge in [0.2, 0.25) is 0 Å². The summed E-state index contributed by atoms with van der Waals surface area (Å²) in [5.74, 6) is -0.525. The number of nitrogens with zero attached hydrogens (tertiary/aromatic N) is 2. The molecule has 0 radical (unpaired) electrons. The van der Waals surface area contributed by atoms with Crippen molar-refractivity contribution in [3.05, 3.63) is 169 Å². The predicted octanol–water partition coefficient (Wildman–Crippen LogP) is 9.87. The van der Waals surface area contributed by atoms with Crippen LogP contribution < -0.4 is 9.47 Å². The van der Waals surface area contributed by atoms with Gasteiger partial charge in [0.1, 0.15) is 11.4 Å². The summed E-state index contributed by atoms with van der Waals surface area (Å²) in [4.78, 5) is 25.9. The highest BCUT2D eigenvalue weighted by Gasteiger charge is 2.14. The van der Waals surface area contributed by atoms with E-state index in [2.05, 4.69) is 10.2 Å². The molecule has 6 aromatic rings. The fraction of sp³-hybridized carbons (Fsp3) is 0. The van der Waals surface area contributed by atoms with Gasteiger partial charge < -0.3 is 9.47 Å². The summed E-state index contributed by atoms with van der Waals surface area (Å²) in [5, 5.41) is 8.64. The number of hydrogen-bond acceptors (Lipinski definition) is 6. The SMILES string of the molecule is O=C(Oc1ccccc1/N=N/c1ccccc1OC(=O)c1ccc(-c2ccccc2)cc1)c1ccc(-c2ccccc2)cc1. The number of ether oxygens (including phenoxy) is 2. The average molecular weight is 575 g/mol. The van der Waals surface area contributed by atoms with Crippen LogP contribution in [0.2, 0.25) is 0 Å². The second-order valence-corrected chi connectivity index (χ2v) is 9.80. The normalized spacial score (nSPS) is 10.8. The topological polar surface area (TPSA) is 77.3 Å². The van der Waals surface area contributed by atoms with Gasteiger partial charge in [0.25, 0.3) is 0 Å². The summed E-state index contributed by atoms with van der Waals surface area (Å²) >= 11 is 0. The largest absolute Gasteiger partial charge is 0.421 e. The highest BCUT2D eigenvalue weighted by Crippen LogP contribution is 2.33. The molecule has 0 saturated heterocycles. The molecule has 0 unspecified atom stereocenters. The van der Waals surface area contributed by atoms with Gasteiger partial charge in [-0.1, -0.05) is 109 Å². The van der Waals surface area contributed by atoms with E-state index in [1.165, 1.54) is 0 Å². The summed E-state index contributed by atoms with van der Waals surface area (Å²) < 4.78 is 11.4. The van der Waals surface area contributed by atoms with Crippen LogP contribution in [0.3, 0.4) is 0 Å². The Hall–Kier alpha value is -6.14. The first-order valence-corrected chi connectivity index (χ1v) is 14.0. The lowest BCUT2D eigenvalue weighted by Gasteiger charge is -2.09. The monoisotopic (exact) mass is 574 g/mol. The molecular formula is C38H26N2O4. The molecule has 0 fully saturated rings. The minimum absolute atomic E-state index is 0.251. The number of hydrogen-bond donors (Lipinski definition) is 0. The molecule has 0 bridgehead atoms. The summed E-state index contributed by atoms with van der Waals surface area (Å²) in [6, 6.07) is 48.0. The molecule has 44 heavy (non-hydrogen) atoms. The molecule has 212 valence electrons. The van der Waals surface area contributed by atoms with E-state index in [4.69, 9.17) is 9.47 Å². The quantitative estimate of drug-likeness (QED) is 0.103. The van der Waals surface area contributed by atoms with Gasteiger partial charge in [0.05, 0.1) is 11.1 Å². The Kier molecular flexibility index (Phi) is 8.42. The van der Waals surface area contributed by atoms with Crippen molar-refractivity contribution in [1.29, 1.82) is 0 Å². The van der Waals surface area contributed by atoms with Crippen LogP contribution in [0.1, 0.15) is 20.7 Å². The van der Waals surface area contributed by atoms with Crippen LogP contribution >= 0.6 is 0 Å². The molecule has 0 aliphatic carbocycles. The van der Waals surface area contributed by atoms with Gasteiger partial charge >= 0.3 is 11.9 Å². The number of para-hydroxylation sites is 2. The zero-order chi connectivity index (χ0) is 30.1. The second-order valence-electron chi connectivity index (χ2n) is 9.80. The van der Waals surface area contributed by atoms with Crippen LogP contribution in [0, 0.1) is 0 Å². The van der Waals surface area contributed by atoms with Crippen molar-refractivity contribution >= 4 is 23.3 Å². The number of benzene rings is 6. The molecular weight excluding hydrogens is 548 g/mol. The first-order chi connectivity index (χ1) is 21.6. The van der Waals surface area contributed by atoms with E-state index in [-0.39, 0.29) is 11.5 Å². The maximum absolute atomic E-state index is 12.9. The zero-order valence-electron chi connectivity index (χ0n) is 23.5. The first-order valence-electron chi connectivity index (χ1n) is 14.0. The van der Waals surface area contributed by atoms with Gasteiger partial charge in [-0.05, 0) is 70.8 Å². The highest BCUT2D eigenvalue weighted by atomic mass is 16.5. The van der Waals surface area contributed by atoms with Crippen LogP contribution in [-0.4, -0.2) is 11.9 Å². The number of esters is 2. The zero-order valence-corrected chi connectivity index (χ0v) is 23.5. The van der Waals surface area contributed by atoms with Crippen molar-refractivity contribution in [3.63, 3.8) is 0 Å². The molecule has 0 aliphatic heterocycles. The molecule has 6 heteroatoms. The third-order valence-electron chi connectivity index (χ3n) is 6.86. The van der Waals surface area contributed by atoms with Crippen molar-refractivity contribution in [2.24, 2.45) is 10.2 Å². The standard InChI is InChI=1S/C38H26N2O4/c41-37(31-23-19-29(20-24-31)27-11-3-1-4-12-27)43-35-17-9-7-15-33(35)39-40-34-16-8-10-18-36(34)44-38(42)32-25-21-30(22-26-32)28-13-5-2-6-14-28/h1-26H/b40-39+. The van der Waals surface area contributed by atoms with Gasteiger partial charge in [-0.2, -0.15) is 0 Å². The lowest BCUT2D eigenvalue weighted by Crippen LogP contribution is -2.08. The van der Waals surface area contributed by atoms with Gasteiger partial charge in [0, 0.05) is 0 Å². The first kappa shape index (κ1) is 28.0. The van der Waals surface area contributed by atoms with Crippen molar-refractivity contribution in [2.45, 2.75) is 0 Å². The van der Waals surface area contributed by atoms with E-state index in [1.807, 2.05) is 84.9 Å². The predicted molar refractivity (Wildman–Crippen MR) is 171 cm³/mol. The van der Waals surface area contributed by atoms with E-state index in [0.717, 1.165) is 22.3 Å². The van der Waals surface area contributed by atoms with Crippen molar-refractivity contribution in [3.8, 4) is 33.8 Å². The van der Waals surface area contributed by atoms with Gasteiger partial charge in [0.15, 0.2) is 11.5 Å². The summed E-state index contributed by atoms with van der Waals surface area (Å²) in [6.07, 6.45) is 0. The summed E-state index contributed by atoms with van der Waals surface area (Å²) in [6.45, 7) is 0. The maximum atomic E-state index is 12.9. The molecule has 0 amide bonds. The second kappa shape index (κ2) is 13.2. The fourth-order valence-electron chi connectivity index (χ4n) is 4.54. The molecule has 6 rings (SSSR count). The molecule has 0 N–H and O–H groups in total. The molecule has 0 heterocycles. The van der Waals surface area contributed by atoms with Crippen molar-refractivity contribution in [2.75, 3.05) is 0 Å². The van der Waals surface area contributed by atoms with Gasteiger partial charge in [-0.3, -0.25) is 0 Å². The minimum Gasteiger partial charge on any atom is -0.421 e. The average Bonchev–Trinajstić information content (AvgIpc) is 3.09. The smallest absolute Gasteiger partial charge is 0.343 e. The van der Waals surface area contributed by atoms with Crippen LogP contribution in [0.25, 0.3) is 22.3 Å². The molecule has 0 spiro atoms. The van der Waals surface area contributed by atoms with Gasteiger partial charge in [-0.25, -0.2) is 9.59 Å². The number of azo groups is 1. The Morgan fingerprint density at radius 1 is 0.364 bits per heavy atom. The molecule has 0 atom stereocenters. The molecule has 6 nitrogen and oxygen atoms in total. The fourth-order valence-corrected chi connectivity index (χ4v) is 4.54. The van der Waals surface area contributed by atoms with Crippen LogP contribution in [-0.2, 0) is 0 Å². The van der Waals surface area contributed by atoms with E-state index in [1.54, 1.807) is 72.8 Å². The third kappa shape index (κ3) is 6.66. The molecule has 6 aromatic carbocycles. The number of carbonyl (C=O) groups is 2. The van der Waals surface area contributed by atoms with Crippen LogP contribution in [0.4, 0.5) is 11.4 Å². The van der Waals surface area contributed by atoms with Gasteiger partial charge in [-0.15, -0.1) is 10.2 Å². The number of carbonyl (C=O) groups excluding carboxylic acids is 2. The molecule has 0 aromatic heterocycles. The van der Waals surface area contributed by atoms with Crippen LogP contribution in [0.5, 0.6) is 11.5 Å². The Morgan fingerprint density at radius 2 is 0.682 bits per heavy atom. The van der Waals surface area contributed by atoms with E-state index in [9.17, 15) is 9.59 Å². The lowest BCUT2D eigenvalue weighted by molar-refractivity contribution is 0.0725. The Bertz CT molecular complexity index is 1780. The Morgan fingerprint density at radius 3 is 1.07 bits per heavy atom. The summed E-state index contributed by atoms with van der Waals surface area (Å²) in [5.41, 5.74) is 5.63. The van der Waals surface area contributed by atoms with E-state index >= 15 is 0 Å². The number of rotatable bonds is 8. The van der Waals surface area contributed by atoms with Crippen molar-refractivity contribution < 1.29 is 19.1 Å². The third-order valence-corrected chi connectivity index (χ3v) is 6.86. The summed E-state index contributed by atoms with van der Waals surface area (Å²) in [7, 11) is 0. The van der Waals surface area contributed by atoms with Crippen molar-refractivity contribution in [1.82, 2.24) is 0 Å².